The average Bonchev–Trinajstić information content (AvgIpc) is 2.42. The number of ether oxygens (including phenoxy) is 1. The van der Waals surface area contributed by atoms with Gasteiger partial charge in [-0.2, -0.15) is 9.72 Å². The van der Waals surface area contributed by atoms with E-state index in [0.29, 0.717) is 22.9 Å². The van der Waals surface area contributed by atoms with Crippen LogP contribution in [0.15, 0.2) is 47.6 Å². The van der Waals surface area contributed by atoms with Crippen LogP contribution in [0.3, 0.4) is 0 Å². The smallest absolute Gasteiger partial charge is 0.282 e. The van der Waals surface area contributed by atoms with E-state index in [2.05, 4.69) is 4.99 Å². The van der Waals surface area contributed by atoms with E-state index in [0.717, 1.165) is 4.73 Å². The van der Waals surface area contributed by atoms with Gasteiger partial charge in [0.1, 0.15) is 5.75 Å². The number of pyridine rings is 1. The van der Waals surface area contributed by atoms with E-state index in [1.807, 2.05) is 6.92 Å². The molecule has 0 spiro atoms. The first-order valence-electron chi connectivity index (χ1n) is 6.00. The molecular weight excluding hydrogens is 280 g/mol. The number of amides is 1. The molecule has 0 saturated carbocycles. The van der Waals surface area contributed by atoms with Gasteiger partial charge in [-0.25, -0.2) is 0 Å². The van der Waals surface area contributed by atoms with Crippen LogP contribution in [0.1, 0.15) is 17.3 Å². The summed E-state index contributed by atoms with van der Waals surface area (Å²) in [6, 6.07) is 9.51. The van der Waals surface area contributed by atoms with Crippen LogP contribution in [0.4, 0.5) is 0 Å². The molecule has 0 saturated heterocycles. The second-order valence-corrected chi connectivity index (χ2v) is 4.33. The van der Waals surface area contributed by atoms with Crippen molar-refractivity contribution >= 4 is 17.5 Å². The molecule has 1 amide bonds. The van der Waals surface area contributed by atoms with Crippen molar-refractivity contribution in [3.05, 3.63) is 58.7 Å². The van der Waals surface area contributed by atoms with E-state index in [-0.39, 0.29) is 5.49 Å². The first kappa shape index (κ1) is 14.1. The molecule has 0 atom stereocenters. The van der Waals surface area contributed by atoms with Crippen LogP contribution in [-0.4, -0.2) is 22.5 Å². The van der Waals surface area contributed by atoms with Gasteiger partial charge in [-0.3, -0.25) is 4.79 Å². The predicted molar refractivity (Wildman–Crippen MR) is 74.1 cm³/mol. The van der Waals surface area contributed by atoms with Crippen molar-refractivity contribution in [3.8, 4) is 5.75 Å². The Labute approximate surface area is 120 Å². The second kappa shape index (κ2) is 6.25. The van der Waals surface area contributed by atoms with Gasteiger partial charge >= 0.3 is 0 Å². The molecule has 1 aromatic carbocycles. The number of nitrogens with zero attached hydrogens (tertiary/aromatic N) is 2. The fourth-order valence-electron chi connectivity index (χ4n) is 1.63. The largest absolute Gasteiger partial charge is 0.493 e. The number of carbonyl (C=O) groups is 1. The Bertz CT molecular complexity index is 695. The highest BCUT2D eigenvalue weighted by Gasteiger charge is 2.12. The summed E-state index contributed by atoms with van der Waals surface area (Å²) in [5, 5.41) is 10.0. The average molecular weight is 293 g/mol. The molecule has 1 heterocycles. The Morgan fingerprint density at radius 3 is 2.90 bits per heavy atom. The number of hydrogen-bond acceptors (Lipinski definition) is 3. The lowest BCUT2D eigenvalue weighted by Crippen LogP contribution is -2.19. The Morgan fingerprint density at radius 2 is 2.20 bits per heavy atom. The number of carbonyl (C=O) groups excluding carboxylic acids is 1. The maximum atomic E-state index is 12.2. The zero-order chi connectivity index (χ0) is 14.5. The van der Waals surface area contributed by atoms with Crippen LogP contribution in [0, 0.1) is 0 Å². The minimum atomic E-state index is -0.515. The molecule has 0 aliphatic rings. The highest BCUT2D eigenvalue weighted by molar-refractivity contribution is 6.30. The molecule has 6 heteroatoms. The summed E-state index contributed by atoms with van der Waals surface area (Å²) in [6.07, 6.45) is 1.39. The molecular formula is C14H13ClN2O3. The quantitative estimate of drug-likeness (QED) is 0.884. The topological polar surface area (TPSA) is 63.8 Å². The molecule has 2 rings (SSSR count). The van der Waals surface area contributed by atoms with E-state index >= 15 is 0 Å². The van der Waals surface area contributed by atoms with Crippen LogP contribution in [0.2, 0.25) is 5.02 Å². The van der Waals surface area contributed by atoms with Crippen molar-refractivity contribution < 1.29 is 14.7 Å². The van der Waals surface area contributed by atoms with Crippen molar-refractivity contribution in [2.24, 2.45) is 4.99 Å². The summed E-state index contributed by atoms with van der Waals surface area (Å²) >= 11 is 5.88. The van der Waals surface area contributed by atoms with E-state index in [1.165, 1.54) is 12.3 Å². The Hall–Kier alpha value is -2.27. The highest BCUT2D eigenvalue weighted by Crippen LogP contribution is 2.24. The molecule has 2 aromatic rings. The lowest BCUT2D eigenvalue weighted by Gasteiger charge is -2.07. The molecule has 20 heavy (non-hydrogen) atoms. The Balaban J connectivity index is 2.44. The van der Waals surface area contributed by atoms with Crippen LogP contribution < -0.4 is 10.2 Å². The minimum Gasteiger partial charge on any atom is -0.493 e. The van der Waals surface area contributed by atoms with Crippen molar-refractivity contribution in [2.45, 2.75) is 6.92 Å². The summed E-state index contributed by atoms with van der Waals surface area (Å²) in [5.74, 6) is -0.145. The molecule has 0 unspecified atom stereocenters. The monoisotopic (exact) mass is 292 g/mol. The van der Waals surface area contributed by atoms with Crippen LogP contribution in [0.5, 0.6) is 5.75 Å². The lowest BCUT2D eigenvalue weighted by molar-refractivity contribution is 0.0984. The molecule has 0 aliphatic heterocycles. The summed E-state index contributed by atoms with van der Waals surface area (Å²) in [6.45, 7) is 2.22. The van der Waals surface area contributed by atoms with Gasteiger partial charge < -0.3 is 9.94 Å². The summed E-state index contributed by atoms with van der Waals surface area (Å²) in [4.78, 5) is 16.0. The minimum absolute atomic E-state index is 0.134. The van der Waals surface area contributed by atoms with Gasteiger partial charge in [0.05, 0.1) is 12.2 Å². The number of halogens is 1. The fraction of sp³-hybridized carbons (Fsp3) is 0.143. The number of rotatable bonds is 3. The molecule has 0 fully saturated rings. The fourth-order valence-corrected chi connectivity index (χ4v) is 1.79. The normalized spacial score (nSPS) is 11.4. The molecule has 1 aromatic heterocycles. The van der Waals surface area contributed by atoms with Crippen LogP contribution >= 0.6 is 11.6 Å². The molecule has 0 radical (unpaired) electrons. The summed E-state index contributed by atoms with van der Waals surface area (Å²) in [5.41, 5.74) is 0.426. The summed E-state index contributed by atoms with van der Waals surface area (Å²) in [7, 11) is 0. The van der Waals surface area contributed by atoms with Gasteiger partial charge in [0.2, 0.25) is 0 Å². The van der Waals surface area contributed by atoms with Crippen molar-refractivity contribution in [1.82, 2.24) is 4.73 Å². The van der Waals surface area contributed by atoms with Crippen LogP contribution in [0.25, 0.3) is 0 Å². The van der Waals surface area contributed by atoms with Crippen molar-refractivity contribution in [3.63, 3.8) is 0 Å². The third kappa shape index (κ3) is 3.19. The predicted octanol–water partition coefficient (Wildman–Crippen LogP) is 2.52. The van der Waals surface area contributed by atoms with Crippen LogP contribution in [-0.2, 0) is 0 Å². The first-order valence-corrected chi connectivity index (χ1v) is 6.38. The Morgan fingerprint density at radius 1 is 1.40 bits per heavy atom. The molecule has 104 valence electrons. The summed E-state index contributed by atoms with van der Waals surface area (Å²) < 4.78 is 6.14. The highest BCUT2D eigenvalue weighted by atomic mass is 35.5. The first-order chi connectivity index (χ1) is 9.61. The van der Waals surface area contributed by atoms with E-state index in [9.17, 15) is 10.0 Å². The number of hydrogen-bond donors (Lipinski definition) is 1. The van der Waals surface area contributed by atoms with Crippen molar-refractivity contribution in [1.29, 1.82) is 0 Å². The number of benzene rings is 1. The zero-order valence-corrected chi connectivity index (χ0v) is 11.5. The standard InChI is InChI=1S/C14H13ClN2O3/c1-2-20-12-9-10(15)6-7-11(12)14(18)16-13-5-3-4-8-17(13)19/h3-9,19H,2H2,1H3. The van der Waals surface area contributed by atoms with Gasteiger partial charge in [0, 0.05) is 11.2 Å². The second-order valence-electron chi connectivity index (χ2n) is 3.89. The van der Waals surface area contributed by atoms with Gasteiger partial charge in [-0.05, 0) is 37.3 Å². The third-order valence-electron chi connectivity index (χ3n) is 2.51. The number of aromatic nitrogens is 1. The lowest BCUT2D eigenvalue weighted by atomic mass is 10.2. The van der Waals surface area contributed by atoms with Crippen molar-refractivity contribution in [2.75, 3.05) is 6.61 Å². The maximum absolute atomic E-state index is 12.2. The zero-order valence-electron chi connectivity index (χ0n) is 10.8. The van der Waals surface area contributed by atoms with Gasteiger partial charge in [0.15, 0.2) is 5.49 Å². The van der Waals surface area contributed by atoms with E-state index in [1.54, 1.807) is 30.3 Å². The van der Waals surface area contributed by atoms with Gasteiger partial charge in [-0.1, -0.05) is 17.7 Å². The molecule has 0 bridgehead atoms. The van der Waals surface area contributed by atoms with Gasteiger partial charge in [0.25, 0.3) is 5.91 Å². The third-order valence-corrected chi connectivity index (χ3v) is 2.74. The SMILES string of the molecule is CCOc1cc(Cl)ccc1C(=O)N=c1ccccn1O. The molecule has 0 aliphatic carbocycles. The molecule has 1 N–H and O–H groups in total. The van der Waals surface area contributed by atoms with E-state index < -0.39 is 5.91 Å². The molecule has 5 nitrogen and oxygen atoms in total. The Kier molecular flexibility index (Phi) is 4.42. The van der Waals surface area contributed by atoms with Gasteiger partial charge in [-0.15, -0.1) is 0 Å². The van der Waals surface area contributed by atoms with E-state index in [4.69, 9.17) is 16.3 Å². The maximum Gasteiger partial charge on any atom is 0.282 e.